The van der Waals surface area contributed by atoms with Gasteiger partial charge in [0.15, 0.2) is 0 Å². The maximum absolute atomic E-state index is 5.88. The Bertz CT molecular complexity index is 1030. The Hall–Kier alpha value is -0.230. The molecule has 0 aliphatic rings. The van der Waals surface area contributed by atoms with E-state index in [0.717, 1.165) is 34.3 Å². The second-order valence-electron chi connectivity index (χ2n) is 5.29. The molecule has 3 nitrogen and oxygen atoms in total. The van der Waals surface area contributed by atoms with Crippen LogP contribution in [0.5, 0.6) is 0 Å². The van der Waals surface area contributed by atoms with Gasteiger partial charge in [-0.1, -0.05) is 23.7 Å². The van der Waals surface area contributed by atoms with Gasteiger partial charge in [0.1, 0.15) is 11.0 Å². The van der Waals surface area contributed by atoms with Gasteiger partial charge >= 0.3 is 0 Å². The maximum Gasteiger partial charge on any atom is 0.143 e. The van der Waals surface area contributed by atoms with Gasteiger partial charge in [-0.05, 0) is 113 Å². The van der Waals surface area contributed by atoms with E-state index in [0.29, 0.717) is 11.0 Å². The van der Waals surface area contributed by atoms with E-state index in [1.807, 2.05) is 48.5 Å². The Morgan fingerprint density at radius 3 is 1.85 bits per heavy atom. The average molecular weight is 717 g/mol. The lowest BCUT2D eigenvalue weighted by atomic mass is 10.2. The van der Waals surface area contributed by atoms with Crippen LogP contribution in [0.1, 0.15) is 0 Å². The normalized spacial score (nSPS) is 10.7. The van der Waals surface area contributed by atoms with Crippen LogP contribution in [0.25, 0.3) is 21.8 Å². The highest BCUT2D eigenvalue weighted by molar-refractivity contribution is 14.1. The van der Waals surface area contributed by atoms with Crippen LogP contribution in [-0.2, 0) is 0 Å². The SMILES string of the molecule is Clc1nc2cc(I)ccc2cc1Br.Nc1nc2cc(I)ccc2cc1Br. The number of anilines is 1. The molecule has 0 aliphatic heterocycles. The summed E-state index contributed by atoms with van der Waals surface area (Å²) in [6, 6.07) is 16.1. The Morgan fingerprint density at radius 2 is 1.27 bits per heavy atom. The van der Waals surface area contributed by atoms with Gasteiger partial charge < -0.3 is 5.73 Å². The van der Waals surface area contributed by atoms with Crippen molar-refractivity contribution in [2.24, 2.45) is 0 Å². The molecule has 0 radical (unpaired) electrons. The smallest absolute Gasteiger partial charge is 0.143 e. The summed E-state index contributed by atoms with van der Waals surface area (Å²) in [4.78, 5) is 8.51. The highest BCUT2D eigenvalue weighted by Crippen LogP contribution is 2.26. The van der Waals surface area contributed by atoms with Crippen LogP contribution in [0.15, 0.2) is 57.5 Å². The van der Waals surface area contributed by atoms with E-state index >= 15 is 0 Å². The molecule has 2 heterocycles. The molecule has 8 heteroatoms. The number of benzene rings is 2. The zero-order valence-corrected chi connectivity index (χ0v) is 21.2. The Morgan fingerprint density at radius 1 is 0.769 bits per heavy atom. The van der Waals surface area contributed by atoms with Crippen LogP contribution in [0.3, 0.4) is 0 Å². The van der Waals surface area contributed by atoms with Gasteiger partial charge in [0.05, 0.1) is 20.0 Å². The predicted octanol–water partition coefficient (Wildman–Crippen LogP) is 7.44. The lowest BCUT2D eigenvalue weighted by Crippen LogP contribution is -1.92. The van der Waals surface area contributed by atoms with E-state index in [1.165, 1.54) is 3.57 Å². The van der Waals surface area contributed by atoms with Crippen molar-refractivity contribution in [1.82, 2.24) is 9.97 Å². The van der Waals surface area contributed by atoms with Gasteiger partial charge in [-0.25, -0.2) is 9.97 Å². The number of nitrogen functional groups attached to an aromatic ring is 1. The zero-order valence-electron chi connectivity index (χ0n) is 13.0. The van der Waals surface area contributed by atoms with Gasteiger partial charge in [-0.3, -0.25) is 0 Å². The number of hydrogen-bond donors (Lipinski definition) is 1. The fourth-order valence-corrected chi connectivity index (χ4v) is 3.99. The molecule has 2 aromatic carbocycles. The molecule has 4 rings (SSSR count). The van der Waals surface area contributed by atoms with Crippen LogP contribution in [0.2, 0.25) is 5.15 Å². The number of aromatic nitrogens is 2. The number of hydrogen-bond acceptors (Lipinski definition) is 3. The number of halogens is 5. The van der Waals surface area contributed by atoms with Crippen LogP contribution >= 0.6 is 88.6 Å². The summed E-state index contributed by atoms with van der Waals surface area (Å²) in [7, 11) is 0. The van der Waals surface area contributed by atoms with Gasteiger partial charge in [0.25, 0.3) is 0 Å². The van der Waals surface area contributed by atoms with Crippen molar-refractivity contribution in [3.8, 4) is 0 Å². The summed E-state index contributed by atoms with van der Waals surface area (Å²) in [6.45, 7) is 0. The number of nitrogens with two attached hydrogens (primary N) is 1. The van der Waals surface area contributed by atoms with Gasteiger partial charge in [-0.15, -0.1) is 0 Å². The van der Waals surface area contributed by atoms with E-state index in [4.69, 9.17) is 17.3 Å². The molecular weight excluding hydrogens is 707 g/mol. The summed E-state index contributed by atoms with van der Waals surface area (Å²) in [6.07, 6.45) is 0. The van der Waals surface area contributed by atoms with Gasteiger partial charge in [0, 0.05) is 17.9 Å². The van der Waals surface area contributed by atoms with Crippen molar-refractivity contribution in [3.05, 3.63) is 69.8 Å². The molecule has 2 aromatic heterocycles. The molecule has 0 fully saturated rings. The number of pyridine rings is 2. The first-order chi connectivity index (χ1) is 12.3. The Balaban J connectivity index is 0.000000151. The minimum atomic E-state index is 0.509. The van der Waals surface area contributed by atoms with Crippen LogP contribution < -0.4 is 5.73 Å². The average Bonchev–Trinajstić information content (AvgIpc) is 2.58. The summed E-state index contributed by atoms with van der Waals surface area (Å²) in [5, 5.41) is 2.70. The molecule has 0 atom stereocenters. The van der Waals surface area contributed by atoms with Crippen LogP contribution in [-0.4, -0.2) is 9.97 Å². The highest BCUT2D eigenvalue weighted by Gasteiger charge is 2.02. The number of rotatable bonds is 0. The lowest BCUT2D eigenvalue weighted by Gasteiger charge is -2.01. The maximum atomic E-state index is 5.88. The van der Waals surface area contributed by atoms with Crippen molar-refractivity contribution in [1.29, 1.82) is 0 Å². The van der Waals surface area contributed by atoms with Crippen LogP contribution in [0.4, 0.5) is 5.82 Å². The second-order valence-corrected chi connectivity index (χ2v) is 9.85. The topological polar surface area (TPSA) is 51.8 Å². The summed E-state index contributed by atoms with van der Waals surface area (Å²) in [5.74, 6) is 0.537. The molecule has 0 amide bonds. The molecule has 132 valence electrons. The van der Waals surface area contributed by atoms with Gasteiger partial charge in [-0.2, -0.15) is 0 Å². The third-order valence-corrected chi connectivity index (χ3v) is 6.55. The number of nitrogens with zero attached hydrogens (tertiary/aromatic N) is 2. The van der Waals surface area contributed by atoms with Crippen molar-refractivity contribution in [2.45, 2.75) is 0 Å². The molecule has 26 heavy (non-hydrogen) atoms. The number of fused-ring (bicyclic) bond motifs is 2. The lowest BCUT2D eigenvalue weighted by molar-refractivity contribution is 1.38. The first kappa shape index (κ1) is 20.5. The zero-order chi connectivity index (χ0) is 18.8. The third kappa shape index (κ3) is 4.98. The van der Waals surface area contributed by atoms with Gasteiger partial charge in [0.2, 0.25) is 0 Å². The molecule has 0 bridgehead atoms. The van der Waals surface area contributed by atoms with E-state index in [-0.39, 0.29) is 0 Å². The predicted molar refractivity (Wildman–Crippen MR) is 134 cm³/mol. The summed E-state index contributed by atoms with van der Waals surface area (Å²) < 4.78 is 4.01. The molecule has 0 spiro atoms. The minimum Gasteiger partial charge on any atom is -0.383 e. The first-order valence-corrected chi connectivity index (χ1v) is 11.4. The Kier molecular flexibility index (Phi) is 6.98. The minimum absolute atomic E-state index is 0.509. The van der Waals surface area contributed by atoms with Crippen LogP contribution in [0, 0.1) is 7.14 Å². The van der Waals surface area contributed by atoms with E-state index in [1.54, 1.807) is 0 Å². The van der Waals surface area contributed by atoms with E-state index < -0.39 is 0 Å². The largest absolute Gasteiger partial charge is 0.383 e. The highest BCUT2D eigenvalue weighted by atomic mass is 127. The molecule has 0 unspecified atom stereocenters. The standard InChI is InChI=1S/C9H4BrClIN.C9H6BrIN2/c10-7-3-5-1-2-6(12)4-8(5)13-9(7)11;10-7-3-5-1-2-6(11)4-8(5)13-9(7)12/h1-4H;1-4H,(H2,12,13). The fraction of sp³-hybridized carbons (Fsp3) is 0. The molecule has 0 aliphatic carbocycles. The van der Waals surface area contributed by atoms with Crippen molar-refractivity contribution < 1.29 is 0 Å². The second kappa shape index (κ2) is 8.85. The first-order valence-electron chi connectivity index (χ1n) is 7.26. The third-order valence-electron chi connectivity index (χ3n) is 3.45. The molecular formula is C18H10Br2ClI2N3. The van der Waals surface area contributed by atoms with E-state index in [2.05, 4.69) is 87.0 Å². The van der Waals surface area contributed by atoms with E-state index in [9.17, 15) is 0 Å². The quantitative estimate of drug-likeness (QED) is 0.152. The summed E-state index contributed by atoms with van der Waals surface area (Å²) in [5.41, 5.74) is 7.54. The molecule has 0 saturated heterocycles. The molecule has 2 N–H and O–H groups in total. The van der Waals surface area contributed by atoms with Crippen molar-refractivity contribution in [2.75, 3.05) is 5.73 Å². The monoisotopic (exact) mass is 715 g/mol. The van der Waals surface area contributed by atoms with Crippen molar-refractivity contribution >= 4 is 116 Å². The summed E-state index contributed by atoms with van der Waals surface area (Å²) >= 11 is 17.1. The Labute approximate surface area is 199 Å². The molecule has 4 aromatic rings. The molecule has 0 saturated carbocycles. The fourth-order valence-electron chi connectivity index (χ4n) is 2.22. The van der Waals surface area contributed by atoms with Crippen molar-refractivity contribution in [3.63, 3.8) is 0 Å².